The molecule has 2 aromatic carbocycles. The summed E-state index contributed by atoms with van der Waals surface area (Å²) in [5.41, 5.74) is 9.81. The monoisotopic (exact) mass is 466 g/mol. The summed E-state index contributed by atoms with van der Waals surface area (Å²) >= 11 is 1.45. The Labute approximate surface area is 200 Å². The van der Waals surface area contributed by atoms with Crippen LogP contribution in [0.5, 0.6) is 0 Å². The van der Waals surface area contributed by atoms with Crippen molar-refractivity contribution < 1.29 is 4.79 Å². The lowest BCUT2D eigenvalue weighted by Crippen LogP contribution is -2.42. The highest BCUT2D eigenvalue weighted by Gasteiger charge is 2.46. The smallest absolute Gasteiger partial charge is 0.264 e. The number of nitrogens with zero attached hydrogens (tertiary/aromatic N) is 5. The Bertz CT molecular complexity index is 1600. The molecule has 34 heavy (non-hydrogen) atoms. The van der Waals surface area contributed by atoms with Gasteiger partial charge >= 0.3 is 0 Å². The molecule has 5 aromatic rings. The van der Waals surface area contributed by atoms with E-state index in [2.05, 4.69) is 26.2 Å². The first kappa shape index (κ1) is 20.8. The zero-order valence-corrected chi connectivity index (χ0v) is 19.4. The van der Waals surface area contributed by atoms with Gasteiger partial charge in [0.05, 0.1) is 5.52 Å². The number of para-hydroxylation sites is 1. The van der Waals surface area contributed by atoms with Gasteiger partial charge in [0, 0.05) is 34.1 Å². The molecule has 0 unspecified atom stereocenters. The second-order valence-corrected chi connectivity index (χ2v) is 10.0. The molecule has 3 heterocycles. The van der Waals surface area contributed by atoms with Crippen LogP contribution in [0.15, 0.2) is 77.1 Å². The van der Waals surface area contributed by atoms with Gasteiger partial charge < -0.3 is 5.73 Å². The van der Waals surface area contributed by atoms with E-state index in [0.29, 0.717) is 5.16 Å². The Balaban J connectivity index is 1.44. The van der Waals surface area contributed by atoms with Crippen LogP contribution in [0, 0.1) is 6.92 Å². The number of aryl methyl sites for hydroxylation is 1. The molecule has 7 nitrogen and oxygen atoms in total. The number of rotatable bonds is 4. The lowest BCUT2D eigenvalue weighted by atomic mass is 9.83. The number of hydrogen-bond donors (Lipinski definition) is 1. The van der Waals surface area contributed by atoms with E-state index in [9.17, 15) is 4.79 Å². The van der Waals surface area contributed by atoms with Crippen molar-refractivity contribution >= 4 is 50.8 Å². The second-order valence-electron chi connectivity index (χ2n) is 8.70. The van der Waals surface area contributed by atoms with E-state index >= 15 is 0 Å². The Kier molecular flexibility index (Phi) is 4.84. The summed E-state index contributed by atoms with van der Waals surface area (Å²) in [6, 6.07) is 17.8. The normalized spacial score (nSPS) is 15.6. The summed E-state index contributed by atoms with van der Waals surface area (Å²) < 4.78 is 1.36. The Hall–Kier alpha value is -3.78. The number of aliphatic imine (C=N–C) groups is 1. The third-order valence-electron chi connectivity index (χ3n) is 6.54. The molecule has 1 aliphatic carbocycles. The third-order valence-corrected chi connectivity index (χ3v) is 7.96. The molecule has 2 N–H and O–H groups in total. The van der Waals surface area contributed by atoms with Gasteiger partial charge in [-0.2, -0.15) is 4.99 Å². The molecule has 0 saturated heterocycles. The first-order valence-electron chi connectivity index (χ1n) is 11.2. The molecule has 0 spiro atoms. The van der Waals surface area contributed by atoms with E-state index in [-0.39, 0.29) is 11.7 Å². The van der Waals surface area contributed by atoms with E-state index in [1.54, 1.807) is 6.20 Å². The highest BCUT2D eigenvalue weighted by atomic mass is 32.2. The number of carbonyl (C=O) groups is 1. The van der Waals surface area contributed by atoms with Gasteiger partial charge in [0.1, 0.15) is 10.6 Å². The number of carbonyl (C=O) groups excluding carboxylic acids is 1. The van der Waals surface area contributed by atoms with Crippen LogP contribution in [-0.4, -0.2) is 36.1 Å². The fourth-order valence-electron chi connectivity index (χ4n) is 4.46. The third kappa shape index (κ3) is 3.25. The van der Waals surface area contributed by atoms with Crippen molar-refractivity contribution in [3.63, 3.8) is 0 Å². The summed E-state index contributed by atoms with van der Waals surface area (Å²) in [5, 5.41) is 12.8. The van der Waals surface area contributed by atoms with Crippen LogP contribution in [0.1, 0.15) is 30.4 Å². The molecule has 0 atom stereocenters. The topological polar surface area (TPSA) is 98.5 Å². The van der Waals surface area contributed by atoms with Crippen molar-refractivity contribution in [3.05, 3.63) is 78.1 Å². The van der Waals surface area contributed by atoms with Crippen LogP contribution < -0.4 is 5.73 Å². The fraction of sp³-hybridized carbons (Fsp3) is 0.192. The van der Waals surface area contributed by atoms with Gasteiger partial charge in [-0.15, -0.1) is 10.2 Å². The highest BCUT2D eigenvalue weighted by molar-refractivity contribution is 8.01. The van der Waals surface area contributed by atoms with Crippen molar-refractivity contribution in [2.24, 2.45) is 10.7 Å². The lowest BCUT2D eigenvalue weighted by Gasteiger charge is -2.37. The predicted molar refractivity (Wildman–Crippen MR) is 135 cm³/mol. The van der Waals surface area contributed by atoms with Crippen molar-refractivity contribution in [2.75, 3.05) is 0 Å². The fourth-order valence-corrected chi connectivity index (χ4v) is 5.79. The minimum absolute atomic E-state index is 0.215. The molecule has 1 saturated carbocycles. The number of hydrogen-bond acceptors (Lipinski definition) is 5. The number of amidine groups is 1. The van der Waals surface area contributed by atoms with Gasteiger partial charge in [0.15, 0.2) is 10.8 Å². The summed E-state index contributed by atoms with van der Waals surface area (Å²) in [5.74, 6) is 0.0276. The van der Waals surface area contributed by atoms with Crippen LogP contribution in [-0.2, 0) is 4.79 Å². The van der Waals surface area contributed by atoms with Crippen molar-refractivity contribution in [1.82, 2.24) is 19.6 Å². The average Bonchev–Trinajstić information content (AvgIpc) is 3.26. The van der Waals surface area contributed by atoms with E-state index in [0.717, 1.165) is 57.7 Å². The Morgan fingerprint density at radius 3 is 2.59 bits per heavy atom. The number of amides is 1. The molecule has 1 fully saturated rings. The molecule has 0 aliphatic heterocycles. The van der Waals surface area contributed by atoms with Crippen LogP contribution in [0.3, 0.4) is 0 Å². The number of benzene rings is 2. The van der Waals surface area contributed by atoms with Crippen LogP contribution in [0.2, 0.25) is 0 Å². The molecule has 0 radical (unpaired) electrons. The van der Waals surface area contributed by atoms with E-state index in [1.807, 2.05) is 66.1 Å². The first-order valence-corrected chi connectivity index (χ1v) is 12.0. The molecule has 0 bridgehead atoms. The van der Waals surface area contributed by atoms with Gasteiger partial charge in [-0.25, -0.2) is 0 Å². The summed E-state index contributed by atoms with van der Waals surface area (Å²) in [4.78, 5) is 22.0. The largest absolute Gasteiger partial charge is 0.383 e. The zero-order chi connectivity index (χ0) is 23.3. The number of aromatic nitrogens is 4. The number of thioether (sulfide) groups is 1. The van der Waals surface area contributed by atoms with Gasteiger partial charge in [-0.1, -0.05) is 59.8 Å². The maximum atomic E-state index is 13.4. The Morgan fingerprint density at radius 2 is 1.82 bits per heavy atom. The summed E-state index contributed by atoms with van der Waals surface area (Å²) in [7, 11) is 0. The maximum absolute atomic E-state index is 13.4. The van der Waals surface area contributed by atoms with E-state index in [1.165, 1.54) is 11.8 Å². The minimum atomic E-state index is -0.688. The molecular weight excluding hydrogens is 444 g/mol. The van der Waals surface area contributed by atoms with Crippen LogP contribution in [0.4, 0.5) is 0 Å². The zero-order valence-electron chi connectivity index (χ0n) is 18.6. The van der Waals surface area contributed by atoms with Gasteiger partial charge in [-0.05, 0) is 38.3 Å². The van der Waals surface area contributed by atoms with E-state index < -0.39 is 4.75 Å². The SMILES string of the molecule is Cc1ccc(C(N)=NC(=O)C2(Sc3nnc4c5ccncc5c5ccccc5n34)CCC2)cc1. The number of nitrogens with two attached hydrogens (primary N) is 1. The predicted octanol–water partition coefficient (Wildman–Crippen LogP) is 4.69. The molecule has 3 aromatic heterocycles. The average molecular weight is 467 g/mol. The number of pyridine rings is 2. The first-order chi connectivity index (χ1) is 16.6. The summed E-state index contributed by atoms with van der Waals surface area (Å²) in [6.45, 7) is 2.01. The molecule has 1 aliphatic rings. The lowest BCUT2D eigenvalue weighted by molar-refractivity contribution is -0.121. The molecule has 168 valence electrons. The van der Waals surface area contributed by atoms with Crippen molar-refractivity contribution in [3.8, 4) is 0 Å². The molecule has 6 rings (SSSR count). The maximum Gasteiger partial charge on any atom is 0.264 e. The van der Waals surface area contributed by atoms with E-state index in [4.69, 9.17) is 5.73 Å². The van der Waals surface area contributed by atoms with Gasteiger partial charge in [0.25, 0.3) is 5.91 Å². The van der Waals surface area contributed by atoms with Crippen molar-refractivity contribution in [2.45, 2.75) is 36.1 Å². The molecule has 8 heteroatoms. The van der Waals surface area contributed by atoms with Gasteiger partial charge in [0.2, 0.25) is 0 Å². The molecule has 1 amide bonds. The summed E-state index contributed by atoms with van der Waals surface area (Å²) in [6.07, 6.45) is 6.04. The quantitative estimate of drug-likeness (QED) is 0.234. The highest BCUT2D eigenvalue weighted by Crippen LogP contribution is 2.48. The van der Waals surface area contributed by atoms with Crippen LogP contribution >= 0.6 is 11.8 Å². The Morgan fingerprint density at radius 1 is 1.03 bits per heavy atom. The minimum Gasteiger partial charge on any atom is -0.383 e. The molecular formula is C26H22N6OS. The standard InChI is InChI=1S/C26H22N6OS/c1-16-7-9-17(10-8-16)22(27)29-24(33)26(12-4-13-26)34-25-31-30-23-19-11-14-28-15-20(19)18-5-2-3-6-21(18)32(23)25/h2-3,5-11,14-15H,4,12-13H2,1H3,(H2,27,29,33). The second kappa shape index (κ2) is 7.92. The number of fused-ring (bicyclic) bond motifs is 6. The van der Waals surface area contributed by atoms with Gasteiger partial charge in [-0.3, -0.25) is 14.2 Å². The van der Waals surface area contributed by atoms with Crippen molar-refractivity contribution in [1.29, 1.82) is 0 Å². The van der Waals surface area contributed by atoms with Crippen LogP contribution in [0.25, 0.3) is 27.3 Å².